The maximum atomic E-state index is 12.9. The Balaban J connectivity index is 2.48. The van der Waals surface area contributed by atoms with Crippen LogP contribution in [-0.2, 0) is 12.7 Å². The lowest BCUT2D eigenvalue weighted by Crippen LogP contribution is -2.10. The molecule has 6 nitrogen and oxygen atoms in total. The first kappa shape index (κ1) is 15.0. The van der Waals surface area contributed by atoms with Gasteiger partial charge in [0.2, 0.25) is 0 Å². The first-order valence-corrected chi connectivity index (χ1v) is 5.92. The van der Waals surface area contributed by atoms with Crippen LogP contribution in [0.5, 0.6) is 0 Å². The van der Waals surface area contributed by atoms with E-state index in [0.29, 0.717) is 18.8 Å². The minimum absolute atomic E-state index is 0.156. The highest BCUT2D eigenvalue weighted by molar-refractivity contribution is 5.63. The first-order chi connectivity index (χ1) is 9.82. The molecule has 0 fully saturated rings. The van der Waals surface area contributed by atoms with Crippen LogP contribution < -0.4 is 5.73 Å². The van der Waals surface area contributed by atoms with Gasteiger partial charge in [-0.05, 0) is 18.2 Å². The lowest BCUT2D eigenvalue weighted by Gasteiger charge is -2.08. The van der Waals surface area contributed by atoms with E-state index < -0.39 is 22.4 Å². The molecular weight excluding hydrogens is 289 g/mol. The second-order valence-electron chi connectivity index (χ2n) is 4.24. The minimum Gasteiger partial charge on any atom is -0.329 e. The molecule has 9 heteroatoms. The van der Waals surface area contributed by atoms with Gasteiger partial charge in [0, 0.05) is 24.4 Å². The molecule has 0 atom stereocenters. The van der Waals surface area contributed by atoms with Crippen LogP contribution in [0.15, 0.2) is 30.5 Å². The lowest BCUT2D eigenvalue weighted by molar-refractivity contribution is -0.388. The molecule has 2 rings (SSSR count). The SMILES string of the molecule is NCCn1ccc(-c2ccc([N+](=O)[O-])c(C(F)(F)F)c2)n1. The van der Waals surface area contributed by atoms with E-state index in [4.69, 9.17) is 5.73 Å². The van der Waals surface area contributed by atoms with Crippen molar-refractivity contribution in [3.8, 4) is 11.3 Å². The number of hydrogen-bond acceptors (Lipinski definition) is 4. The fourth-order valence-electron chi connectivity index (χ4n) is 1.85. The Morgan fingerprint density at radius 1 is 1.33 bits per heavy atom. The molecule has 0 aliphatic carbocycles. The van der Waals surface area contributed by atoms with Crippen molar-refractivity contribution in [1.82, 2.24) is 9.78 Å². The third-order valence-electron chi connectivity index (χ3n) is 2.79. The molecule has 2 aromatic rings. The maximum absolute atomic E-state index is 12.9. The number of nitrogens with zero attached hydrogens (tertiary/aromatic N) is 3. The molecule has 0 unspecified atom stereocenters. The topological polar surface area (TPSA) is 87.0 Å². The normalized spacial score (nSPS) is 11.6. The van der Waals surface area contributed by atoms with Crippen LogP contribution >= 0.6 is 0 Å². The minimum atomic E-state index is -4.81. The lowest BCUT2D eigenvalue weighted by atomic mass is 10.1. The van der Waals surface area contributed by atoms with E-state index in [9.17, 15) is 23.3 Å². The van der Waals surface area contributed by atoms with Crippen LogP contribution in [0, 0.1) is 10.1 Å². The number of nitro groups is 1. The smallest absolute Gasteiger partial charge is 0.329 e. The summed E-state index contributed by atoms with van der Waals surface area (Å²) in [5.41, 5.74) is 3.54. The molecule has 0 saturated carbocycles. The van der Waals surface area contributed by atoms with E-state index in [1.807, 2.05) is 0 Å². The van der Waals surface area contributed by atoms with Crippen molar-refractivity contribution in [1.29, 1.82) is 0 Å². The number of rotatable bonds is 4. The molecule has 0 aliphatic heterocycles. The predicted molar refractivity (Wildman–Crippen MR) is 68.4 cm³/mol. The molecule has 112 valence electrons. The number of hydrogen-bond donors (Lipinski definition) is 1. The van der Waals surface area contributed by atoms with E-state index in [-0.39, 0.29) is 5.56 Å². The zero-order valence-corrected chi connectivity index (χ0v) is 10.7. The second-order valence-corrected chi connectivity index (χ2v) is 4.24. The largest absolute Gasteiger partial charge is 0.423 e. The van der Waals surface area contributed by atoms with Crippen molar-refractivity contribution in [2.75, 3.05) is 6.54 Å². The fourth-order valence-corrected chi connectivity index (χ4v) is 1.85. The van der Waals surface area contributed by atoms with Crippen LogP contribution in [0.1, 0.15) is 5.56 Å². The summed E-state index contributed by atoms with van der Waals surface area (Å²) >= 11 is 0. The molecule has 0 bridgehead atoms. The van der Waals surface area contributed by atoms with E-state index >= 15 is 0 Å². The van der Waals surface area contributed by atoms with E-state index in [2.05, 4.69) is 5.10 Å². The third-order valence-corrected chi connectivity index (χ3v) is 2.79. The zero-order chi connectivity index (χ0) is 15.6. The predicted octanol–water partition coefficient (Wildman–Crippen LogP) is 2.44. The molecule has 0 radical (unpaired) electrons. The van der Waals surface area contributed by atoms with Gasteiger partial charge in [0.1, 0.15) is 5.56 Å². The second kappa shape index (κ2) is 5.52. The van der Waals surface area contributed by atoms with Crippen LogP contribution in [0.25, 0.3) is 11.3 Å². The molecule has 1 aromatic heterocycles. The number of nitro benzene ring substituents is 1. The molecule has 1 heterocycles. The van der Waals surface area contributed by atoms with Gasteiger partial charge in [-0.25, -0.2) is 0 Å². The van der Waals surface area contributed by atoms with E-state index in [1.165, 1.54) is 16.8 Å². The van der Waals surface area contributed by atoms with Gasteiger partial charge >= 0.3 is 6.18 Å². The number of benzene rings is 1. The zero-order valence-electron chi connectivity index (χ0n) is 10.7. The van der Waals surface area contributed by atoms with Gasteiger partial charge in [-0.1, -0.05) is 0 Å². The van der Waals surface area contributed by atoms with Crippen molar-refractivity contribution in [2.45, 2.75) is 12.7 Å². The average Bonchev–Trinajstić information content (AvgIpc) is 2.86. The summed E-state index contributed by atoms with van der Waals surface area (Å²) in [6, 6.07) is 4.33. The number of halogens is 3. The molecule has 0 aliphatic rings. The molecule has 0 spiro atoms. The highest BCUT2D eigenvalue weighted by Crippen LogP contribution is 2.38. The Morgan fingerprint density at radius 2 is 2.05 bits per heavy atom. The average molecular weight is 300 g/mol. The number of nitrogens with two attached hydrogens (primary N) is 1. The molecule has 21 heavy (non-hydrogen) atoms. The summed E-state index contributed by atoms with van der Waals surface area (Å²) in [5, 5.41) is 14.7. The van der Waals surface area contributed by atoms with Gasteiger partial charge in [-0.2, -0.15) is 18.3 Å². The van der Waals surface area contributed by atoms with Crippen molar-refractivity contribution < 1.29 is 18.1 Å². The van der Waals surface area contributed by atoms with Crippen LogP contribution in [0.2, 0.25) is 0 Å². The van der Waals surface area contributed by atoms with Crippen LogP contribution in [0.3, 0.4) is 0 Å². The Hall–Kier alpha value is -2.42. The molecular formula is C12H11F3N4O2. The highest BCUT2D eigenvalue weighted by Gasteiger charge is 2.38. The summed E-state index contributed by atoms with van der Waals surface area (Å²) in [7, 11) is 0. The third kappa shape index (κ3) is 3.19. The summed E-state index contributed by atoms with van der Waals surface area (Å²) in [6.07, 6.45) is -3.23. The van der Waals surface area contributed by atoms with Crippen molar-refractivity contribution in [3.63, 3.8) is 0 Å². The van der Waals surface area contributed by atoms with Crippen LogP contribution in [0.4, 0.5) is 18.9 Å². The van der Waals surface area contributed by atoms with Gasteiger partial charge < -0.3 is 5.73 Å². The summed E-state index contributed by atoms with van der Waals surface area (Å²) < 4.78 is 40.1. The maximum Gasteiger partial charge on any atom is 0.423 e. The molecule has 2 N–H and O–H groups in total. The molecule has 1 aromatic carbocycles. The number of alkyl halides is 3. The highest BCUT2D eigenvalue weighted by atomic mass is 19.4. The van der Waals surface area contributed by atoms with Gasteiger partial charge in [0.05, 0.1) is 17.2 Å². The molecule has 0 amide bonds. The van der Waals surface area contributed by atoms with Gasteiger partial charge in [-0.15, -0.1) is 0 Å². The molecule has 0 saturated heterocycles. The Bertz CT molecular complexity index is 667. The van der Waals surface area contributed by atoms with Crippen molar-refractivity contribution in [3.05, 3.63) is 46.1 Å². The first-order valence-electron chi connectivity index (χ1n) is 5.92. The quantitative estimate of drug-likeness (QED) is 0.694. The summed E-state index contributed by atoms with van der Waals surface area (Å²) in [6.45, 7) is 0.772. The number of aromatic nitrogens is 2. The van der Waals surface area contributed by atoms with Crippen LogP contribution in [-0.4, -0.2) is 21.2 Å². The van der Waals surface area contributed by atoms with Gasteiger partial charge in [-0.3, -0.25) is 14.8 Å². The summed E-state index contributed by atoms with van der Waals surface area (Å²) in [5.74, 6) is 0. The van der Waals surface area contributed by atoms with Crippen molar-refractivity contribution >= 4 is 5.69 Å². The fraction of sp³-hybridized carbons (Fsp3) is 0.250. The van der Waals surface area contributed by atoms with Gasteiger partial charge in [0.25, 0.3) is 5.69 Å². The van der Waals surface area contributed by atoms with E-state index in [1.54, 1.807) is 6.20 Å². The van der Waals surface area contributed by atoms with E-state index in [0.717, 1.165) is 12.1 Å². The monoisotopic (exact) mass is 300 g/mol. The Kier molecular flexibility index (Phi) is 3.94. The Labute approximate surface area is 117 Å². The standard InChI is InChI=1S/C12H11F3N4O2/c13-12(14,15)9-7-8(1-2-11(9)19(20)21)10-3-5-18(17-10)6-4-16/h1-3,5,7H,4,6,16H2. The van der Waals surface area contributed by atoms with Gasteiger partial charge in [0.15, 0.2) is 0 Å². The Morgan fingerprint density at radius 3 is 2.62 bits per heavy atom. The van der Waals surface area contributed by atoms with Crippen molar-refractivity contribution in [2.24, 2.45) is 5.73 Å². The summed E-state index contributed by atoms with van der Waals surface area (Å²) in [4.78, 5) is 9.62.